The van der Waals surface area contributed by atoms with Gasteiger partial charge in [-0.2, -0.15) is 0 Å². The molecule has 2 heterocycles. The van der Waals surface area contributed by atoms with E-state index in [0.29, 0.717) is 12.0 Å². The van der Waals surface area contributed by atoms with Crippen LogP contribution in [0.15, 0.2) is 42.5 Å². The highest BCUT2D eigenvalue weighted by molar-refractivity contribution is 6.05. The van der Waals surface area contributed by atoms with Crippen molar-refractivity contribution < 1.29 is 9.59 Å². The summed E-state index contributed by atoms with van der Waals surface area (Å²) in [7, 11) is 0. The fraction of sp³-hybridized carbons (Fsp3) is 0.364. The van der Waals surface area contributed by atoms with E-state index in [4.69, 9.17) is 0 Å². The number of amides is 2. The number of carbonyl (C=O) groups is 2. The number of fused-ring (bicyclic) bond motifs is 1. The molecule has 0 saturated carbocycles. The molecule has 5 heteroatoms. The second-order valence-electron chi connectivity index (χ2n) is 7.18. The van der Waals surface area contributed by atoms with Crippen LogP contribution in [-0.2, 0) is 11.2 Å². The quantitative estimate of drug-likeness (QED) is 0.898. The van der Waals surface area contributed by atoms with E-state index in [1.165, 1.54) is 11.3 Å². The third-order valence-corrected chi connectivity index (χ3v) is 5.48. The van der Waals surface area contributed by atoms with Gasteiger partial charge in [-0.15, -0.1) is 0 Å². The molecule has 0 spiro atoms. The summed E-state index contributed by atoms with van der Waals surface area (Å²) in [4.78, 5) is 28.8. The summed E-state index contributed by atoms with van der Waals surface area (Å²) < 4.78 is 0. The van der Waals surface area contributed by atoms with Crippen LogP contribution in [0.1, 0.15) is 42.1 Å². The summed E-state index contributed by atoms with van der Waals surface area (Å²) in [5, 5.41) is 2.99. The molecule has 1 N–H and O–H groups in total. The van der Waals surface area contributed by atoms with Crippen LogP contribution < -0.4 is 15.1 Å². The molecule has 140 valence electrons. The first-order chi connectivity index (χ1) is 13.2. The highest BCUT2D eigenvalue weighted by atomic mass is 16.2. The zero-order valence-corrected chi connectivity index (χ0v) is 15.7. The molecule has 2 aliphatic rings. The number of hydrogen-bond donors (Lipinski definition) is 1. The molecule has 27 heavy (non-hydrogen) atoms. The van der Waals surface area contributed by atoms with Crippen molar-refractivity contribution in [3.63, 3.8) is 0 Å². The molecule has 2 aliphatic heterocycles. The molecule has 0 unspecified atom stereocenters. The van der Waals surface area contributed by atoms with Crippen molar-refractivity contribution in [2.24, 2.45) is 0 Å². The van der Waals surface area contributed by atoms with Gasteiger partial charge in [0.05, 0.1) is 0 Å². The Balaban J connectivity index is 1.46. The molecule has 0 aliphatic carbocycles. The first-order valence-electron chi connectivity index (χ1n) is 9.75. The Morgan fingerprint density at radius 1 is 1.04 bits per heavy atom. The minimum atomic E-state index is -0.132. The van der Waals surface area contributed by atoms with Gasteiger partial charge in [0.25, 0.3) is 5.91 Å². The Labute approximate surface area is 160 Å². The Morgan fingerprint density at radius 3 is 2.59 bits per heavy atom. The number of likely N-dealkylation sites (N-methyl/N-ethyl adjacent to an activating group) is 1. The van der Waals surface area contributed by atoms with Gasteiger partial charge in [-0.25, -0.2) is 0 Å². The number of anilines is 3. The molecule has 1 saturated heterocycles. The molecular formula is C22H25N3O2. The lowest BCUT2D eigenvalue weighted by Crippen LogP contribution is -2.35. The van der Waals surface area contributed by atoms with E-state index in [1.807, 2.05) is 23.1 Å². The van der Waals surface area contributed by atoms with E-state index in [1.54, 1.807) is 12.1 Å². The molecular weight excluding hydrogens is 338 g/mol. The van der Waals surface area contributed by atoms with Gasteiger partial charge in [0.2, 0.25) is 5.91 Å². The van der Waals surface area contributed by atoms with Gasteiger partial charge in [-0.3, -0.25) is 9.59 Å². The molecule has 0 atom stereocenters. The number of piperidine rings is 1. The number of rotatable bonds is 4. The van der Waals surface area contributed by atoms with E-state index >= 15 is 0 Å². The van der Waals surface area contributed by atoms with Crippen LogP contribution in [0.25, 0.3) is 0 Å². The normalized spacial score (nSPS) is 16.4. The maximum atomic E-state index is 12.6. The first-order valence-corrected chi connectivity index (χ1v) is 9.75. The molecule has 0 aromatic heterocycles. The summed E-state index contributed by atoms with van der Waals surface area (Å²) in [6, 6.07) is 13.4. The van der Waals surface area contributed by atoms with Crippen molar-refractivity contribution in [2.45, 2.75) is 32.6 Å². The van der Waals surface area contributed by atoms with E-state index in [-0.39, 0.29) is 11.8 Å². The zero-order chi connectivity index (χ0) is 18.8. The van der Waals surface area contributed by atoms with E-state index in [0.717, 1.165) is 50.3 Å². The summed E-state index contributed by atoms with van der Waals surface area (Å²) >= 11 is 0. The standard InChI is InChI=1S/C22H25N3O2/c1-2-24-14-12-16-6-9-18(15-20(16)24)23-22(27)17-7-10-19(11-8-17)25-13-4-3-5-21(25)26/h6-11,15H,2-5,12-14H2,1H3,(H,23,27). The van der Waals surface area contributed by atoms with Crippen LogP contribution in [0.5, 0.6) is 0 Å². The van der Waals surface area contributed by atoms with Crippen molar-refractivity contribution in [3.05, 3.63) is 53.6 Å². The van der Waals surface area contributed by atoms with Gasteiger partial charge in [-0.1, -0.05) is 6.07 Å². The minimum absolute atomic E-state index is 0.132. The van der Waals surface area contributed by atoms with Crippen LogP contribution in [0, 0.1) is 0 Å². The molecule has 2 aromatic rings. The van der Waals surface area contributed by atoms with Gasteiger partial charge in [0.1, 0.15) is 0 Å². The van der Waals surface area contributed by atoms with Gasteiger partial charge < -0.3 is 15.1 Å². The van der Waals surface area contributed by atoms with Crippen LogP contribution in [0.4, 0.5) is 17.1 Å². The van der Waals surface area contributed by atoms with Crippen molar-refractivity contribution in [1.29, 1.82) is 0 Å². The van der Waals surface area contributed by atoms with Gasteiger partial charge >= 0.3 is 0 Å². The predicted octanol–water partition coefficient (Wildman–Crippen LogP) is 3.84. The largest absolute Gasteiger partial charge is 0.371 e. The van der Waals surface area contributed by atoms with Gasteiger partial charge in [0.15, 0.2) is 0 Å². The van der Waals surface area contributed by atoms with Crippen molar-refractivity contribution in [2.75, 3.05) is 34.8 Å². The van der Waals surface area contributed by atoms with Crippen molar-refractivity contribution >= 4 is 28.9 Å². The second kappa shape index (κ2) is 7.43. The molecule has 0 bridgehead atoms. The summed E-state index contributed by atoms with van der Waals surface area (Å²) in [5.41, 5.74) is 4.83. The maximum Gasteiger partial charge on any atom is 0.255 e. The summed E-state index contributed by atoms with van der Waals surface area (Å²) in [6.45, 7) is 4.92. The van der Waals surface area contributed by atoms with Crippen LogP contribution >= 0.6 is 0 Å². The Kier molecular flexibility index (Phi) is 4.84. The summed E-state index contributed by atoms with van der Waals surface area (Å²) in [5.74, 6) is 0.0320. The zero-order valence-electron chi connectivity index (χ0n) is 15.7. The molecule has 0 radical (unpaired) electrons. The van der Waals surface area contributed by atoms with E-state index in [2.05, 4.69) is 29.3 Å². The number of hydrogen-bond acceptors (Lipinski definition) is 3. The van der Waals surface area contributed by atoms with Crippen LogP contribution in [0.3, 0.4) is 0 Å². The third kappa shape index (κ3) is 3.54. The lowest BCUT2D eigenvalue weighted by molar-refractivity contribution is -0.119. The highest BCUT2D eigenvalue weighted by Gasteiger charge is 2.20. The number of carbonyl (C=O) groups excluding carboxylic acids is 2. The van der Waals surface area contributed by atoms with E-state index in [9.17, 15) is 9.59 Å². The molecule has 4 rings (SSSR count). The highest BCUT2D eigenvalue weighted by Crippen LogP contribution is 2.30. The number of benzene rings is 2. The fourth-order valence-corrected chi connectivity index (χ4v) is 3.93. The Morgan fingerprint density at radius 2 is 1.85 bits per heavy atom. The van der Waals surface area contributed by atoms with Crippen LogP contribution in [0.2, 0.25) is 0 Å². The monoisotopic (exact) mass is 363 g/mol. The predicted molar refractivity (Wildman–Crippen MR) is 109 cm³/mol. The topological polar surface area (TPSA) is 52.7 Å². The first kappa shape index (κ1) is 17.6. The lowest BCUT2D eigenvalue weighted by atomic mass is 10.1. The van der Waals surface area contributed by atoms with Crippen LogP contribution in [-0.4, -0.2) is 31.4 Å². The molecule has 5 nitrogen and oxygen atoms in total. The van der Waals surface area contributed by atoms with Crippen molar-refractivity contribution in [1.82, 2.24) is 0 Å². The molecule has 2 amide bonds. The SMILES string of the molecule is CCN1CCc2ccc(NC(=O)c3ccc(N4CCCCC4=O)cc3)cc21. The van der Waals surface area contributed by atoms with Gasteiger partial charge in [-0.05, 0) is 68.1 Å². The number of nitrogens with one attached hydrogen (secondary N) is 1. The maximum absolute atomic E-state index is 12.6. The Hall–Kier alpha value is -2.82. The molecule has 2 aromatic carbocycles. The lowest BCUT2D eigenvalue weighted by Gasteiger charge is -2.26. The average molecular weight is 363 g/mol. The van der Waals surface area contributed by atoms with Crippen molar-refractivity contribution in [3.8, 4) is 0 Å². The molecule has 1 fully saturated rings. The third-order valence-electron chi connectivity index (χ3n) is 5.48. The number of nitrogens with zero attached hydrogens (tertiary/aromatic N) is 2. The fourth-order valence-electron chi connectivity index (χ4n) is 3.93. The Bertz CT molecular complexity index is 860. The average Bonchev–Trinajstić information content (AvgIpc) is 3.11. The minimum Gasteiger partial charge on any atom is -0.371 e. The second-order valence-corrected chi connectivity index (χ2v) is 7.18. The smallest absolute Gasteiger partial charge is 0.255 e. The van der Waals surface area contributed by atoms with Gasteiger partial charge in [0, 0.05) is 48.7 Å². The summed E-state index contributed by atoms with van der Waals surface area (Å²) in [6.07, 6.45) is 3.66. The van der Waals surface area contributed by atoms with E-state index < -0.39 is 0 Å².